The molecule has 5 nitrogen and oxygen atoms in total. The Morgan fingerprint density at radius 1 is 1.23 bits per heavy atom. The summed E-state index contributed by atoms with van der Waals surface area (Å²) in [5.41, 5.74) is 9.15. The molecule has 0 aliphatic rings. The van der Waals surface area contributed by atoms with Crippen LogP contribution >= 0.6 is 23.2 Å². The van der Waals surface area contributed by atoms with E-state index in [1.807, 2.05) is 24.3 Å². The number of carbonyl (C=O) groups is 1. The average Bonchev–Trinajstić information content (AvgIpc) is 3.04. The van der Waals surface area contributed by atoms with Crippen LogP contribution in [0.25, 0.3) is 10.9 Å². The molecule has 0 radical (unpaired) electrons. The van der Waals surface area contributed by atoms with Gasteiger partial charge >= 0.3 is 0 Å². The summed E-state index contributed by atoms with van der Waals surface area (Å²) in [6, 6.07) is 10.9. The van der Waals surface area contributed by atoms with E-state index < -0.39 is 5.92 Å². The lowest BCUT2D eigenvalue weighted by Gasteiger charge is -2.17. The minimum absolute atomic E-state index is 0.130. The van der Waals surface area contributed by atoms with Gasteiger partial charge in [0.15, 0.2) is 0 Å². The molecule has 1 aromatic heterocycles. The van der Waals surface area contributed by atoms with Gasteiger partial charge in [-0.05, 0) is 55.3 Å². The van der Waals surface area contributed by atoms with Crippen LogP contribution in [-0.4, -0.2) is 22.6 Å². The Kier molecular flexibility index (Phi) is 5.81. The Morgan fingerprint density at radius 3 is 2.73 bits per heavy atom. The maximum Gasteiger partial charge on any atom is 0.231 e. The van der Waals surface area contributed by atoms with Crippen molar-refractivity contribution in [2.75, 3.05) is 11.9 Å². The number of halogens is 2. The molecular weight excluding hydrogens is 371 g/mol. The number of aromatic nitrogens is 2. The molecule has 3 aromatic rings. The number of nitrogens with one attached hydrogen (secondary N) is 2. The number of nitrogens with two attached hydrogens (primary N) is 1. The first-order valence-corrected chi connectivity index (χ1v) is 9.22. The highest BCUT2D eigenvalue weighted by Crippen LogP contribution is 2.29. The number of hydrogen-bond donors (Lipinski definition) is 3. The van der Waals surface area contributed by atoms with Crippen LogP contribution in [0.4, 0.5) is 5.69 Å². The van der Waals surface area contributed by atoms with Gasteiger partial charge in [-0.25, -0.2) is 0 Å². The minimum Gasteiger partial charge on any atom is -0.330 e. The fraction of sp³-hybridized carbons (Fsp3) is 0.263. The molecule has 2 aromatic carbocycles. The molecule has 0 saturated heterocycles. The number of benzene rings is 2. The largest absolute Gasteiger partial charge is 0.330 e. The van der Waals surface area contributed by atoms with Gasteiger partial charge in [-0.2, -0.15) is 5.10 Å². The van der Waals surface area contributed by atoms with E-state index in [4.69, 9.17) is 28.9 Å². The third-order valence-electron chi connectivity index (χ3n) is 4.37. The van der Waals surface area contributed by atoms with Gasteiger partial charge in [-0.15, -0.1) is 0 Å². The van der Waals surface area contributed by atoms with E-state index in [1.165, 1.54) is 0 Å². The number of rotatable bonds is 6. The molecule has 0 aliphatic carbocycles. The standard InChI is InChI=1S/C19H20Cl2N4O/c1-2-17-14-10-12(4-6-18(14)25-24-17)23-19(26)13(7-8-22)11-3-5-15(20)16(21)9-11/h3-6,9-10,13H,2,7-8,22H2,1H3,(H,23,26)(H,24,25). The van der Waals surface area contributed by atoms with E-state index >= 15 is 0 Å². The Labute approximate surface area is 161 Å². The first-order chi connectivity index (χ1) is 12.5. The lowest BCUT2D eigenvalue weighted by atomic mass is 9.94. The zero-order chi connectivity index (χ0) is 18.7. The molecule has 7 heteroatoms. The molecule has 1 heterocycles. The quantitative estimate of drug-likeness (QED) is 0.578. The molecule has 1 atom stereocenters. The van der Waals surface area contributed by atoms with Crippen molar-refractivity contribution in [3.05, 3.63) is 57.7 Å². The van der Waals surface area contributed by atoms with Crippen molar-refractivity contribution in [2.24, 2.45) is 5.73 Å². The van der Waals surface area contributed by atoms with E-state index in [0.29, 0.717) is 23.0 Å². The zero-order valence-electron chi connectivity index (χ0n) is 14.4. The van der Waals surface area contributed by atoms with E-state index in [-0.39, 0.29) is 5.91 Å². The van der Waals surface area contributed by atoms with E-state index in [1.54, 1.807) is 12.1 Å². The molecule has 0 fully saturated rings. The van der Waals surface area contributed by atoms with E-state index in [9.17, 15) is 4.79 Å². The number of anilines is 1. The number of amides is 1. The van der Waals surface area contributed by atoms with Gasteiger partial charge in [-0.3, -0.25) is 9.89 Å². The monoisotopic (exact) mass is 390 g/mol. The lowest BCUT2D eigenvalue weighted by Crippen LogP contribution is -2.23. The van der Waals surface area contributed by atoms with Gasteiger partial charge in [-0.1, -0.05) is 36.2 Å². The second kappa shape index (κ2) is 8.08. The maximum atomic E-state index is 12.9. The van der Waals surface area contributed by atoms with Gasteiger partial charge < -0.3 is 11.1 Å². The second-order valence-corrected chi connectivity index (χ2v) is 6.89. The first-order valence-electron chi connectivity index (χ1n) is 8.46. The van der Waals surface area contributed by atoms with Crippen LogP contribution in [0.2, 0.25) is 10.0 Å². The first kappa shape index (κ1) is 18.7. The van der Waals surface area contributed by atoms with Gasteiger partial charge in [0.25, 0.3) is 0 Å². The van der Waals surface area contributed by atoms with Crippen molar-refractivity contribution in [3.8, 4) is 0 Å². The summed E-state index contributed by atoms with van der Waals surface area (Å²) in [7, 11) is 0. The molecule has 136 valence electrons. The average molecular weight is 391 g/mol. The summed E-state index contributed by atoms with van der Waals surface area (Å²) in [6.45, 7) is 2.44. The van der Waals surface area contributed by atoms with Crippen molar-refractivity contribution < 1.29 is 4.79 Å². The van der Waals surface area contributed by atoms with Crippen LogP contribution in [0.15, 0.2) is 36.4 Å². The smallest absolute Gasteiger partial charge is 0.231 e. The summed E-state index contributed by atoms with van der Waals surface area (Å²) < 4.78 is 0. The van der Waals surface area contributed by atoms with Crippen LogP contribution in [0.3, 0.4) is 0 Å². The predicted molar refractivity (Wildman–Crippen MR) is 107 cm³/mol. The van der Waals surface area contributed by atoms with Gasteiger partial charge in [0, 0.05) is 16.8 Å². The number of aryl methyl sites for hydroxylation is 1. The van der Waals surface area contributed by atoms with Crippen molar-refractivity contribution in [1.82, 2.24) is 10.2 Å². The normalized spacial score (nSPS) is 12.3. The van der Waals surface area contributed by atoms with Crippen LogP contribution in [0.5, 0.6) is 0 Å². The van der Waals surface area contributed by atoms with Crippen LogP contribution in [-0.2, 0) is 11.2 Å². The van der Waals surface area contributed by atoms with E-state index in [2.05, 4.69) is 22.4 Å². The summed E-state index contributed by atoms with van der Waals surface area (Å²) in [5, 5.41) is 12.1. The molecule has 0 aliphatic heterocycles. The fourth-order valence-electron chi connectivity index (χ4n) is 2.98. The van der Waals surface area contributed by atoms with Crippen molar-refractivity contribution in [3.63, 3.8) is 0 Å². The van der Waals surface area contributed by atoms with Crippen molar-refractivity contribution >= 4 is 45.7 Å². The molecule has 0 saturated carbocycles. The highest BCUT2D eigenvalue weighted by atomic mass is 35.5. The minimum atomic E-state index is -0.402. The van der Waals surface area contributed by atoms with Crippen LogP contribution in [0, 0.1) is 0 Å². The Hall–Kier alpha value is -2.08. The van der Waals surface area contributed by atoms with Crippen LogP contribution in [0.1, 0.15) is 30.5 Å². The Balaban J connectivity index is 1.86. The van der Waals surface area contributed by atoms with Crippen molar-refractivity contribution in [1.29, 1.82) is 0 Å². The lowest BCUT2D eigenvalue weighted by molar-refractivity contribution is -0.117. The third-order valence-corrected chi connectivity index (χ3v) is 5.11. The number of nitrogens with zero attached hydrogens (tertiary/aromatic N) is 1. The predicted octanol–water partition coefficient (Wildman–Crippen LogP) is 4.50. The molecule has 1 unspecified atom stereocenters. The summed E-state index contributed by atoms with van der Waals surface area (Å²) in [5.74, 6) is -0.532. The number of aromatic amines is 1. The number of hydrogen-bond acceptors (Lipinski definition) is 3. The second-order valence-electron chi connectivity index (χ2n) is 6.08. The molecule has 4 N–H and O–H groups in total. The molecule has 0 bridgehead atoms. The van der Waals surface area contributed by atoms with Gasteiger partial charge in [0.1, 0.15) is 0 Å². The Morgan fingerprint density at radius 2 is 2.04 bits per heavy atom. The third kappa shape index (κ3) is 3.85. The highest BCUT2D eigenvalue weighted by Gasteiger charge is 2.21. The topological polar surface area (TPSA) is 83.8 Å². The summed E-state index contributed by atoms with van der Waals surface area (Å²) in [4.78, 5) is 12.9. The molecule has 3 rings (SSSR count). The molecule has 0 spiro atoms. The van der Waals surface area contributed by atoms with Gasteiger partial charge in [0.2, 0.25) is 5.91 Å². The van der Waals surface area contributed by atoms with E-state index in [0.717, 1.165) is 34.3 Å². The summed E-state index contributed by atoms with van der Waals surface area (Å²) in [6.07, 6.45) is 1.35. The molecule has 1 amide bonds. The maximum absolute atomic E-state index is 12.9. The highest BCUT2D eigenvalue weighted by molar-refractivity contribution is 6.42. The Bertz CT molecular complexity index is 938. The summed E-state index contributed by atoms with van der Waals surface area (Å²) >= 11 is 12.1. The SMILES string of the molecule is CCc1[nH]nc2ccc(NC(=O)C(CCN)c3ccc(Cl)c(Cl)c3)cc12. The zero-order valence-corrected chi connectivity index (χ0v) is 15.9. The number of fused-ring (bicyclic) bond motifs is 1. The van der Waals surface area contributed by atoms with Crippen LogP contribution < -0.4 is 11.1 Å². The van der Waals surface area contributed by atoms with Gasteiger partial charge in [0.05, 0.1) is 21.5 Å². The molecule has 26 heavy (non-hydrogen) atoms. The van der Waals surface area contributed by atoms with Crippen molar-refractivity contribution in [2.45, 2.75) is 25.7 Å². The molecular formula is C19H20Cl2N4O. The fourth-order valence-corrected chi connectivity index (χ4v) is 3.29. The number of H-pyrrole nitrogens is 1. The number of carbonyl (C=O) groups excluding carboxylic acids is 1.